The molecule has 8 heteroatoms. The van der Waals surface area contributed by atoms with Crippen molar-refractivity contribution in [1.29, 1.82) is 0 Å². The molecule has 0 aromatic heterocycles. The van der Waals surface area contributed by atoms with E-state index >= 15 is 0 Å². The molecule has 168 valence electrons. The lowest BCUT2D eigenvalue weighted by molar-refractivity contribution is -0.283. The van der Waals surface area contributed by atoms with Crippen LogP contribution in [0, 0.1) is 5.92 Å². The fraction of sp³-hybridized carbons (Fsp3) is 0.391. The quantitative estimate of drug-likeness (QED) is 0.311. The molecule has 0 saturated heterocycles. The fourth-order valence-corrected chi connectivity index (χ4v) is 3.04. The molecule has 2 rings (SSSR count). The zero-order valence-corrected chi connectivity index (χ0v) is 17.8. The van der Waals surface area contributed by atoms with E-state index in [-0.39, 0.29) is 35.4 Å². The highest BCUT2D eigenvalue weighted by atomic mass is 16.8. The van der Waals surface area contributed by atoms with Gasteiger partial charge in [0.05, 0.1) is 13.5 Å². The maximum atomic E-state index is 12.1. The molecule has 8 nitrogen and oxygen atoms in total. The van der Waals surface area contributed by atoms with Crippen molar-refractivity contribution < 1.29 is 38.7 Å². The Bertz CT molecular complexity index is 851. The molecule has 2 unspecified atom stereocenters. The van der Waals surface area contributed by atoms with Crippen LogP contribution in [-0.2, 0) is 23.8 Å². The average Bonchev–Trinajstić information content (AvgIpc) is 2.77. The van der Waals surface area contributed by atoms with E-state index in [2.05, 4.69) is 0 Å². The van der Waals surface area contributed by atoms with E-state index in [4.69, 9.17) is 18.9 Å². The van der Waals surface area contributed by atoms with Gasteiger partial charge in [0.1, 0.15) is 11.9 Å². The molecule has 0 spiro atoms. The molecule has 1 aromatic rings. The molecule has 0 amide bonds. The first-order valence-electron chi connectivity index (χ1n) is 9.75. The Labute approximate surface area is 181 Å². The molecule has 0 saturated carbocycles. The SMILES string of the molecule is COc1cc(/C=C/C(=O)CC(=O)/C=C/C2CC=C(O)C(OC(OC)OC)C2)ccc1O. The number of phenols is 1. The summed E-state index contributed by atoms with van der Waals surface area (Å²) < 4.78 is 20.5. The number of allylic oxidation sites excluding steroid dienone is 4. The Balaban J connectivity index is 1.88. The van der Waals surface area contributed by atoms with Gasteiger partial charge in [0, 0.05) is 14.2 Å². The summed E-state index contributed by atoms with van der Waals surface area (Å²) in [6.07, 6.45) is 7.76. The minimum absolute atomic E-state index is 0.00441. The number of rotatable bonds is 11. The van der Waals surface area contributed by atoms with Gasteiger partial charge in [-0.3, -0.25) is 9.59 Å². The number of carbonyl (C=O) groups excluding carboxylic acids is 2. The van der Waals surface area contributed by atoms with Gasteiger partial charge in [-0.05, 0) is 54.7 Å². The predicted octanol–water partition coefficient (Wildman–Crippen LogP) is 3.31. The van der Waals surface area contributed by atoms with Gasteiger partial charge in [-0.2, -0.15) is 0 Å². The Morgan fingerprint density at radius 1 is 1.13 bits per heavy atom. The minimum atomic E-state index is -0.900. The lowest BCUT2D eigenvalue weighted by Crippen LogP contribution is -2.30. The van der Waals surface area contributed by atoms with Crippen LogP contribution < -0.4 is 4.74 Å². The number of benzene rings is 1. The van der Waals surface area contributed by atoms with E-state index < -0.39 is 12.6 Å². The summed E-state index contributed by atoms with van der Waals surface area (Å²) in [5, 5.41) is 19.6. The van der Waals surface area contributed by atoms with E-state index in [1.165, 1.54) is 39.5 Å². The number of aliphatic hydroxyl groups excluding tert-OH is 1. The first-order chi connectivity index (χ1) is 14.9. The van der Waals surface area contributed by atoms with E-state index in [0.29, 0.717) is 24.2 Å². The number of carbonyl (C=O) groups is 2. The minimum Gasteiger partial charge on any atom is -0.510 e. The summed E-state index contributed by atoms with van der Waals surface area (Å²) in [6, 6.07) is 4.68. The van der Waals surface area contributed by atoms with Crippen LogP contribution >= 0.6 is 0 Å². The van der Waals surface area contributed by atoms with Crippen LogP contribution in [0.25, 0.3) is 6.08 Å². The third-order valence-electron chi connectivity index (χ3n) is 4.70. The van der Waals surface area contributed by atoms with Gasteiger partial charge in [-0.25, -0.2) is 0 Å². The normalized spacial score (nSPS) is 19.2. The lowest BCUT2D eigenvalue weighted by Gasteiger charge is -2.27. The van der Waals surface area contributed by atoms with Gasteiger partial charge >= 0.3 is 0 Å². The van der Waals surface area contributed by atoms with Crippen LogP contribution in [-0.4, -0.2) is 55.7 Å². The van der Waals surface area contributed by atoms with Crippen molar-refractivity contribution in [2.75, 3.05) is 21.3 Å². The van der Waals surface area contributed by atoms with Gasteiger partial charge in [0.2, 0.25) is 0 Å². The van der Waals surface area contributed by atoms with Crippen molar-refractivity contribution in [3.8, 4) is 11.5 Å². The Morgan fingerprint density at radius 2 is 1.84 bits per heavy atom. The van der Waals surface area contributed by atoms with Gasteiger partial charge in [-0.1, -0.05) is 18.2 Å². The third-order valence-corrected chi connectivity index (χ3v) is 4.70. The van der Waals surface area contributed by atoms with Crippen LogP contribution in [0.5, 0.6) is 11.5 Å². The Kier molecular flexibility index (Phi) is 9.45. The second kappa shape index (κ2) is 12.0. The highest BCUT2D eigenvalue weighted by Crippen LogP contribution is 2.28. The molecule has 31 heavy (non-hydrogen) atoms. The maximum Gasteiger partial charge on any atom is 0.271 e. The molecule has 0 bridgehead atoms. The van der Waals surface area contributed by atoms with Crippen molar-refractivity contribution in [2.24, 2.45) is 5.92 Å². The number of ether oxygens (including phenoxy) is 4. The van der Waals surface area contributed by atoms with E-state index in [1.54, 1.807) is 30.4 Å². The zero-order chi connectivity index (χ0) is 22.8. The van der Waals surface area contributed by atoms with E-state index in [0.717, 1.165) is 0 Å². The summed E-state index contributed by atoms with van der Waals surface area (Å²) in [4.78, 5) is 24.2. The highest BCUT2D eigenvalue weighted by molar-refractivity contribution is 6.09. The largest absolute Gasteiger partial charge is 0.510 e. The molecule has 0 radical (unpaired) electrons. The van der Waals surface area contributed by atoms with Crippen LogP contribution in [0.2, 0.25) is 0 Å². The van der Waals surface area contributed by atoms with Gasteiger partial charge < -0.3 is 29.2 Å². The van der Waals surface area contributed by atoms with Crippen molar-refractivity contribution in [3.05, 3.63) is 53.8 Å². The van der Waals surface area contributed by atoms with E-state index in [1.807, 2.05) is 0 Å². The topological polar surface area (TPSA) is 112 Å². The fourth-order valence-electron chi connectivity index (χ4n) is 3.04. The molecule has 2 N–H and O–H groups in total. The highest BCUT2D eigenvalue weighted by Gasteiger charge is 2.26. The molecule has 1 aromatic carbocycles. The van der Waals surface area contributed by atoms with Crippen molar-refractivity contribution in [1.82, 2.24) is 0 Å². The standard InChI is InChI=1S/C23H28O8/c1-28-21-12-15(6-10-19(21)26)4-8-17(24)14-18(25)9-5-16-7-11-20(27)22(13-16)31-23(29-2)30-3/h4-6,8-12,16,22-23,26-27H,7,13-14H2,1-3H3/b8-4+,9-5+. The second-order valence-corrected chi connectivity index (χ2v) is 6.98. The third kappa shape index (κ3) is 7.67. The summed E-state index contributed by atoms with van der Waals surface area (Å²) in [6.45, 7) is -0.900. The van der Waals surface area contributed by atoms with Crippen molar-refractivity contribution >= 4 is 17.6 Å². The number of methoxy groups -OCH3 is 3. The number of aliphatic hydroxyl groups is 1. The molecule has 1 aliphatic carbocycles. The van der Waals surface area contributed by atoms with Crippen LogP contribution in [0.15, 0.2) is 48.3 Å². The number of hydrogen-bond donors (Lipinski definition) is 2. The first-order valence-corrected chi connectivity index (χ1v) is 9.75. The molecule has 1 aliphatic rings. The van der Waals surface area contributed by atoms with Gasteiger partial charge in [0.15, 0.2) is 23.1 Å². The number of phenolic OH excluding ortho intramolecular Hbond substituents is 1. The molecule has 0 aliphatic heterocycles. The number of ketones is 2. The van der Waals surface area contributed by atoms with Gasteiger partial charge in [0.25, 0.3) is 6.48 Å². The molecular formula is C23H28O8. The summed E-state index contributed by atoms with van der Waals surface area (Å²) in [5.41, 5.74) is 0.663. The summed E-state index contributed by atoms with van der Waals surface area (Å²) >= 11 is 0. The predicted molar refractivity (Wildman–Crippen MR) is 114 cm³/mol. The smallest absolute Gasteiger partial charge is 0.271 e. The molecule has 2 atom stereocenters. The first kappa shape index (κ1) is 24.3. The lowest BCUT2D eigenvalue weighted by atomic mass is 9.90. The van der Waals surface area contributed by atoms with E-state index in [9.17, 15) is 19.8 Å². The Morgan fingerprint density at radius 3 is 2.52 bits per heavy atom. The van der Waals surface area contributed by atoms with Crippen molar-refractivity contribution in [3.63, 3.8) is 0 Å². The van der Waals surface area contributed by atoms with Crippen LogP contribution in [0.1, 0.15) is 24.8 Å². The van der Waals surface area contributed by atoms with Crippen LogP contribution in [0.4, 0.5) is 0 Å². The Hall–Kier alpha value is -2.94. The monoisotopic (exact) mass is 432 g/mol. The average molecular weight is 432 g/mol. The van der Waals surface area contributed by atoms with Crippen molar-refractivity contribution in [2.45, 2.75) is 31.8 Å². The van der Waals surface area contributed by atoms with Crippen LogP contribution in [0.3, 0.4) is 0 Å². The zero-order valence-electron chi connectivity index (χ0n) is 17.8. The molecule has 0 heterocycles. The number of aromatic hydroxyl groups is 1. The maximum absolute atomic E-state index is 12.1. The second-order valence-electron chi connectivity index (χ2n) is 6.98. The summed E-state index contributed by atoms with van der Waals surface area (Å²) in [5.74, 6) is -0.293. The van der Waals surface area contributed by atoms with Gasteiger partial charge in [-0.15, -0.1) is 0 Å². The number of hydrogen-bond acceptors (Lipinski definition) is 8. The molecule has 0 fully saturated rings. The molecular weight excluding hydrogens is 404 g/mol. The summed E-state index contributed by atoms with van der Waals surface area (Å²) in [7, 11) is 4.29.